The summed E-state index contributed by atoms with van der Waals surface area (Å²) in [7, 11) is 0. The fourth-order valence-corrected chi connectivity index (χ4v) is 3.92. The molecule has 150 valence electrons. The van der Waals surface area contributed by atoms with Crippen LogP contribution >= 0.6 is 0 Å². The van der Waals surface area contributed by atoms with Crippen molar-refractivity contribution < 1.29 is 9.53 Å². The number of ether oxygens (including phenoxy) is 1. The van der Waals surface area contributed by atoms with Crippen LogP contribution in [0.4, 0.5) is 0 Å². The van der Waals surface area contributed by atoms with Gasteiger partial charge in [0.25, 0.3) is 11.5 Å². The van der Waals surface area contributed by atoms with Crippen molar-refractivity contribution in [2.45, 2.75) is 26.5 Å². The summed E-state index contributed by atoms with van der Waals surface area (Å²) < 4.78 is 7.59. The highest BCUT2D eigenvalue weighted by Gasteiger charge is 2.27. The summed E-state index contributed by atoms with van der Waals surface area (Å²) >= 11 is 0. The van der Waals surface area contributed by atoms with Crippen molar-refractivity contribution in [3.8, 4) is 0 Å². The summed E-state index contributed by atoms with van der Waals surface area (Å²) in [6, 6.07) is 17.4. The van der Waals surface area contributed by atoms with E-state index in [9.17, 15) is 9.59 Å². The molecule has 5 nitrogen and oxygen atoms in total. The third kappa shape index (κ3) is 3.96. The minimum Gasteiger partial charge on any atom is -0.370 e. The molecule has 1 saturated heterocycles. The lowest BCUT2D eigenvalue weighted by Crippen LogP contribution is -2.42. The van der Waals surface area contributed by atoms with E-state index < -0.39 is 0 Å². The number of rotatable bonds is 4. The SMILES string of the molecule is CC(C)Cn1cc(C(=O)N2CCO[C@@H](c3ccccc3)C2)c2ccccc2c1=O. The van der Waals surface area contributed by atoms with Gasteiger partial charge >= 0.3 is 0 Å². The van der Waals surface area contributed by atoms with Gasteiger partial charge in [-0.3, -0.25) is 9.59 Å². The normalized spacial score (nSPS) is 17.1. The first-order valence-electron chi connectivity index (χ1n) is 10.1. The minimum absolute atomic E-state index is 0.0463. The van der Waals surface area contributed by atoms with E-state index in [1.807, 2.05) is 53.4 Å². The maximum absolute atomic E-state index is 13.5. The van der Waals surface area contributed by atoms with E-state index >= 15 is 0 Å². The lowest BCUT2D eigenvalue weighted by atomic mass is 10.0. The van der Waals surface area contributed by atoms with Crippen LogP contribution in [0.2, 0.25) is 0 Å². The highest BCUT2D eigenvalue weighted by atomic mass is 16.5. The Bertz CT molecular complexity index is 1070. The number of benzene rings is 2. The topological polar surface area (TPSA) is 51.5 Å². The van der Waals surface area contributed by atoms with Crippen molar-refractivity contribution in [2.75, 3.05) is 19.7 Å². The number of carbonyl (C=O) groups excluding carboxylic acids is 1. The fraction of sp³-hybridized carbons (Fsp3) is 0.333. The standard InChI is InChI=1S/C24H26N2O3/c1-17(2)14-26-15-21(19-10-6-7-11-20(19)23(26)27)24(28)25-12-13-29-22(16-25)18-8-4-3-5-9-18/h3-11,15,17,22H,12-14,16H2,1-2H3/t22-/m1/s1. The van der Waals surface area contributed by atoms with Crippen molar-refractivity contribution in [2.24, 2.45) is 5.92 Å². The number of nitrogens with zero attached hydrogens (tertiary/aromatic N) is 2. The molecule has 1 amide bonds. The molecule has 3 aromatic rings. The number of hydrogen-bond acceptors (Lipinski definition) is 3. The highest BCUT2D eigenvalue weighted by molar-refractivity contribution is 6.06. The Balaban J connectivity index is 1.71. The number of amides is 1. The van der Waals surface area contributed by atoms with Gasteiger partial charge in [-0.15, -0.1) is 0 Å². The molecule has 1 aliphatic rings. The Kier molecular flexibility index (Phi) is 5.49. The van der Waals surface area contributed by atoms with Crippen LogP contribution in [0.15, 0.2) is 65.6 Å². The first-order chi connectivity index (χ1) is 14.0. The number of aromatic nitrogens is 1. The smallest absolute Gasteiger partial charge is 0.258 e. The average Bonchev–Trinajstić information content (AvgIpc) is 2.76. The first kappa shape index (κ1) is 19.4. The van der Waals surface area contributed by atoms with Crippen LogP contribution in [0.5, 0.6) is 0 Å². The largest absolute Gasteiger partial charge is 0.370 e. The molecule has 0 unspecified atom stereocenters. The lowest BCUT2D eigenvalue weighted by molar-refractivity contribution is -0.0227. The molecule has 0 N–H and O–H groups in total. The van der Waals surface area contributed by atoms with E-state index in [1.165, 1.54) is 0 Å². The molecule has 1 aliphatic heterocycles. The van der Waals surface area contributed by atoms with Crippen LogP contribution in [-0.2, 0) is 11.3 Å². The highest BCUT2D eigenvalue weighted by Crippen LogP contribution is 2.25. The number of fused-ring (bicyclic) bond motifs is 1. The van der Waals surface area contributed by atoms with E-state index in [1.54, 1.807) is 16.8 Å². The summed E-state index contributed by atoms with van der Waals surface area (Å²) in [5.74, 6) is 0.255. The molecule has 0 saturated carbocycles. The summed E-state index contributed by atoms with van der Waals surface area (Å²) in [6.07, 6.45) is 1.60. The van der Waals surface area contributed by atoms with Crippen LogP contribution in [0.3, 0.4) is 0 Å². The summed E-state index contributed by atoms with van der Waals surface area (Å²) in [5.41, 5.74) is 1.60. The maximum Gasteiger partial charge on any atom is 0.258 e. The molecule has 2 aromatic carbocycles. The lowest BCUT2D eigenvalue weighted by Gasteiger charge is -2.33. The third-order valence-corrected chi connectivity index (χ3v) is 5.31. The monoisotopic (exact) mass is 390 g/mol. The van der Waals surface area contributed by atoms with Crippen LogP contribution in [0, 0.1) is 5.92 Å². The molecule has 1 atom stereocenters. The quantitative estimate of drug-likeness (QED) is 0.680. The van der Waals surface area contributed by atoms with Gasteiger partial charge in [0.05, 0.1) is 18.7 Å². The zero-order chi connectivity index (χ0) is 20.4. The Morgan fingerprint density at radius 3 is 2.48 bits per heavy atom. The zero-order valence-electron chi connectivity index (χ0n) is 16.9. The van der Waals surface area contributed by atoms with E-state index in [-0.39, 0.29) is 17.6 Å². The zero-order valence-corrected chi connectivity index (χ0v) is 16.9. The van der Waals surface area contributed by atoms with Crippen molar-refractivity contribution in [3.05, 3.63) is 82.3 Å². The molecule has 5 heteroatoms. The average molecular weight is 390 g/mol. The Labute approximate surface area is 170 Å². The predicted molar refractivity (Wildman–Crippen MR) is 114 cm³/mol. The summed E-state index contributed by atoms with van der Waals surface area (Å²) in [4.78, 5) is 28.2. The molecule has 0 aliphatic carbocycles. The van der Waals surface area contributed by atoms with Crippen molar-refractivity contribution in [3.63, 3.8) is 0 Å². The van der Waals surface area contributed by atoms with Gasteiger partial charge in [-0.2, -0.15) is 0 Å². The first-order valence-corrected chi connectivity index (χ1v) is 10.1. The van der Waals surface area contributed by atoms with Crippen molar-refractivity contribution in [1.29, 1.82) is 0 Å². The van der Waals surface area contributed by atoms with E-state index in [4.69, 9.17) is 4.74 Å². The summed E-state index contributed by atoms with van der Waals surface area (Å²) in [6.45, 7) is 6.25. The molecule has 4 rings (SSSR count). The van der Waals surface area contributed by atoms with E-state index in [2.05, 4.69) is 13.8 Å². The molecule has 1 fully saturated rings. The second kappa shape index (κ2) is 8.21. The van der Waals surface area contributed by atoms with Crippen LogP contribution in [0.25, 0.3) is 10.8 Å². The van der Waals surface area contributed by atoms with Gasteiger partial charge < -0.3 is 14.2 Å². The maximum atomic E-state index is 13.5. The number of pyridine rings is 1. The molecule has 0 radical (unpaired) electrons. The van der Waals surface area contributed by atoms with Crippen molar-refractivity contribution >= 4 is 16.7 Å². The van der Waals surface area contributed by atoms with Gasteiger partial charge in [0.2, 0.25) is 0 Å². The van der Waals surface area contributed by atoms with Crippen LogP contribution in [-0.4, -0.2) is 35.1 Å². The Hall–Kier alpha value is -2.92. The minimum atomic E-state index is -0.137. The predicted octanol–water partition coefficient (Wildman–Crippen LogP) is 3.87. The van der Waals surface area contributed by atoms with Crippen LogP contribution in [0.1, 0.15) is 35.9 Å². The van der Waals surface area contributed by atoms with Crippen LogP contribution < -0.4 is 5.56 Å². The molecule has 0 bridgehead atoms. The number of morpholine rings is 1. The molecular weight excluding hydrogens is 364 g/mol. The number of hydrogen-bond donors (Lipinski definition) is 0. The third-order valence-electron chi connectivity index (χ3n) is 5.31. The van der Waals surface area contributed by atoms with Gasteiger partial charge in [-0.25, -0.2) is 0 Å². The molecular formula is C24H26N2O3. The second-order valence-electron chi connectivity index (χ2n) is 7.96. The van der Waals surface area contributed by atoms with Gasteiger partial charge in [0.15, 0.2) is 0 Å². The van der Waals surface area contributed by atoms with Gasteiger partial charge in [0.1, 0.15) is 6.10 Å². The Morgan fingerprint density at radius 2 is 1.76 bits per heavy atom. The van der Waals surface area contributed by atoms with E-state index in [0.29, 0.717) is 48.5 Å². The van der Waals surface area contributed by atoms with E-state index in [0.717, 1.165) is 5.56 Å². The van der Waals surface area contributed by atoms with Gasteiger partial charge in [-0.1, -0.05) is 62.4 Å². The van der Waals surface area contributed by atoms with Gasteiger partial charge in [-0.05, 0) is 17.5 Å². The fourth-order valence-electron chi connectivity index (χ4n) is 3.92. The summed E-state index contributed by atoms with van der Waals surface area (Å²) in [5, 5.41) is 1.30. The molecule has 2 heterocycles. The van der Waals surface area contributed by atoms with Crippen molar-refractivity contribution in [1.82, 2.24) is 9.47 Å². The number of carbonyl (C=O) groups is 1. The Morgan fingerprint density at radius 1 is 1.07 bits per heavy atom. The molecule has 1 aromatic heterocycles. The van der Waals surface area contributed by atoms with Gasteiger partial charge in [0, 0.05) is 30.1 Å². The molecule has 29 heavy (non-hydrogen) atoms. The molecule has 0 spiro atoms. The second-order valence-corrected chi connectivity index (χ2v) is 7.96.